The molecule has 0 radical (unpaired) electrons. The molecular formula is C14H14BrNO2. The zero-order chi connectivity index (χ0) is 12.8. The smallest absolute Gasteiger partial charge is 0.223 e. The molecule has 0 fully saturated rings. The molecule has 0 N–H and O–H groups in total. The minimum absolute atomic E-state index is 0.624. The molecule has 1 aromatic carbocycles. The number of nitrogens with zero attached hydrogens (tertiary/aromatic N) is 1. The Kier molecular flexibility index (Phi) is 4.59. The first kappa shape index (κ1) is 12.9. The Morgan fingerprint density at radius 2 is 1.83 bits per heavy atom. The molecule has 0 bridgehead atoms. The van der Waals surface area contributed by atoms with Crippen molar-refractivity contribution in [2.24, 2.45) is 0 Å². The van der Waals surface area contributed by atoms with Gasteiger partial charge >= 0.3 is 0 Å². The third-order valence-electron chi connectivity index (χ3n) is 2.34. The monoisotopic (exact) mass is 307 g/mol. The molecule has 0 unspecified atom stereocenters. The minimum Gasteiger partial charge on any atom is -0.494 e. The summed E-state index contributed by atoms with van der Waals surface area (Å²) >= 11 is 3.41. The molecule has 94 valence electrons. The standard InChI is InChI=1S/C14H14BrNO2/c1-2-17-12-5-7-13(8-6-12)18-14-11(10-15)4-3-9-16-14/h3-9H,2,10H2,1H3. The first-order valence-electron chi connectivity index (χ1n) is 5.74. The summed E-state index contributed by atoms with van der Waals surface area (Å²) in [6, 6.07) is 11.4. The van der Waals surface area contributed by atoms with Crippen molar-refractivity contribution in [3.05, 3.63) is 48.2 Å². The van der Waals surface area contributed by atoms with Crippen molar-refractivity contribution in [2.45, 2.75) is 12.3 Å². The van der Waals surface area contributed by atoms with Gasteiger partial charge in [0.1, 0.15) is 11.5 Å². The van der Waals surface area contributed by atoms with E-state index in [2.05, 4.69) is 20.9 Å². The van der Waals surface area contributed by atoms with Crippen LogP contribution in [0.4, 0.5) is 0 Å². The Bertz CT molecular complexity index is 499. The molecule has 0 aliphatic rings. The van der Waals surface area contributed by atoms with Gasteiger partial charge in [0.25, 0.3) is 0 Å². The molecule has 1 aromatic heterocycles. The second-order valence-corrected chi connectivity index (χ2v) is 4.17. The number of aromatic nitrogens is 1. The molecule has 0 aliphatic heterocycles. The van der Waals surface area contributed by atoms with E-state index in [0.717, 1.165) is 17.1 Å². The predicted octanol–water partition coefficient (Wildman–Crippen LogP) is 4.17. The van der Waals surface area contributed by atoms with E-state index in [1.165, 1.54) is 0 Å². The van der Waals surface area contributed by atoms with Crippen LogP contribution in [0.5, 0.6) is 17.4 Å². The van der Waals surface area contributed by atoms with Gasteiger partial charge in [-0.2, -0.15) is 0 Å². The number of ether oxygens (including phenoxy) is 2. The van der Waals surface area contributed by atoms with Crippen molar-refractivity contribution in [1.82, 2.24) is 4.98 Å². The molecule has 2 aromatic rings. The molecule has 18 heavy (non-hydrogen) atoms. The fourth-order valence-electron chi connectivity index (χ4n) is 1.50. The highest BCUT2D eigenvalue weighted by atomic mass is 79.9. The van der Waals surface area contributed by atoms with Gasteiger partial charge in [-0.15, -0.1) is 0 Å². The van der Waals surface area contributed by atoms with Gasteiger partial charge in [-0.3, -0.25) is 0 Å². The molecular weight excluding hydrogens is 294 g/mol. The van der Waals surface area contributed by atoms with Crippen molar-refractivity contribution < 1.29 is 9.47 Å². The van der Waals surface area contributed by atoms with Crippen molar-refractivity contribution >= 4 is 15.9 Å². The van der Waals surface area contributed by atoms with E-state index in [1.54, 1.807) is 6.20 Å². The number of alkyl halides is 1. The normalized spacial score (nSPS) is 10.1. The molecule has 0 spiro atoms. The van der Waals surface area contributed by atoms with E-state index in [-0.39, 0.29) is 0 Å². The molecule has 1 heterocycles. The van der Waals surface area contributed by atoms with Crippen LogP contribution in [-0.4, -0.2) is 11.6 Å². The lowest BCUT2D eigenvalue weighted by Gasteiger charge is -2.08. The quantitative estimate of drug-likeness (QED) is 0.777. The number of hydrogen-bond acceptors (Lipinski definition) is 3. The molecule has 0 saturated heterocycles. The highest BCUT2D eigenvalue weighted by molar-refractivity contribution is 9.08. The number of rotatable bonds is 5. The Labute approximate surface area is 115 Å². The molecule has 4 heteroatoms. The Morgan fingerprint density at radius 3 is 2.50 bits per heavy atom. The number of pyridine rings is 1. The molecule has 0 amide bonds. The zero-order valence-electron chi connectivity index (χ0n) is 10.1. The molecule has 0 aliphatic carbocycles. The highest BCUT2D eigenvalue weighted by Crippen LogP contribution is 2.26. The summed E-state index contributed by atoms with van der Waals surface area (Å²) in [6.45, 7) is 2.62. The summed E-state index contributed by atoms with van der Waals surface area (Å²) in [6.07, 6.45) is 1.72. The van der Waals surface area contributed by atoms with Gasteiger partial charge in [0.15, 0.2) is 0 Å². The van der Waals surface area contributed by atoms with Gasteiger partial charge in [-0.1, -0.05) is 22.0 Å². The average Bonchev–Trinajstić information content (AvgIpc) is 2.42. The lowest BCUT2D eigenvalue weighted by atomic mass is 10.3. The van der Waals surface area contributed by atoms with E-state index in [0.29, 0.717) is 17.8 Å². The van der Waals surface area contributed by atoms with Crippen LogP contribution in [-0.2, 0) is 5.33 Å². The fourth-order valence-corrected chi connectivity index (χ4v) is 1.93. The van der Waals surface area contributed by atoms with Gasteiger partial charge < -0.3 is 9.47 Å². The van der Waals surface area contributed by atoms with Gasteiger partial charge in [0.2, 0.25) is 5.88 Å². The lowest BCUT2D eigenvalue weighted by molar-refractivity contribution is 0.339. The van der Waals surface area contributed by atoms with Crippen LogP contribution < -0.4 is 9.47 Å². The van der Waals surface area contributed by atoms with E-state index in [1.807, 2.05) is 43.3 Å². The van der Waals surface area contributed by atoms with Crippen molar-refractivity contribution in [3.8, 4) is 17.4 Å². The molecule has 2 rings (SSSR count). The van der Waals surface area contributed by atoms with E-state index in [9.17, 15) is 0 Å². The van der Waals surface area contributed by atoms with E-state index < -0.39 is 0 Å². The van der Waals surface area contributed by atoms with E-state index in [4.69, 9.17) is 9.47 Å². The van der Waals surface area contributed by atoms with Crippen LogP contribution in [0.15, 0.2) is 42.6 Å². The SMILES string of the molecule is CCOc1ccc(Oc2ncccc2CBr)cc1. The maximum Gasteiger partial charge on any atom is 0.223 e. The summed E-state index contributed by atoms with van der Waals surface area (Å²) in [5.74, 6) is 2.21. The summed E-state index contributed by atoms with van der Waals surface area (Å²) in [4.78, 5) is 4.22. The molecule has 3 nitrogen and oxygen atoms in total. The third kappa shape index (κ3) is 3.23. The second kappa shape index (κ2) is 6.40. The Morgan fingerprint density at radius 1 is 1.11 bits per heavy atom. The largest absolute Gasteiger partial charge is 0.494 e. The lowest BCUT2D eigenvalue weighted by Crippen LogP contribution is -1.93. The highest BCUT2D eigenvalue weighted by Gasteiger charge is 2.04. The van der Waals surface area contributed by atoms with Gasteiger partial charge in [-0.25, -0.2) is 4.98 Å². The third-order valence-corrected chi connectivity index (χ3v) is 2.95. The van der Waals surface area contributed by atoms with Crippen molar-refractivity contribution in [2.75, 3.05) is 6.61 Å². The van der Waals surface area contributed by atoms with Crippen molar-refractivity contribution in [1.29, 1.82) is 0 Å². The topological polar surface area (TPSA) is 31.4 Å². The van der Waals surface area contributed by atoms with Crippen LogP contribution in [0.3, 0.4) is 0 Å². The van der Waals surface area contributed by atoms with Crippen LogP contribution in [0.25, 0.3) is 0 Å². The van der Waals surface area contributed by atoms with Gasteiger partial charge in [-0.05, 0) is 37.3 Å². The summed E-state index contributed by atoms with van der Waals surface area (Å²) < 4.78 is 11.1. The predicted molar refractivity (Wildman–Crippen MR) is 74.6 cm³/mol. The van der Waals surface area contributed by atoms with Gasteiger partial charge in [0.05, 0.1) is 6.61 Å². The van der Waals surface area contributed by atoms with Gasteiger partial charge in [0, 0.05) is 17.1 Å². The van der Waals surface area contributed by atoms with Crippen LogP contribution in [0.2, 0.25) is 0 Å². The number of halogens is 1. The first-order chi connectivity index (χ1) is 8.83. The maximum absolute atomic E-state index is 5.74. The average molecular weight is 308 g/mol. The summed E-state index contributed by atoms with van der Waals surface area (Å²) in [5, 5.41) is 0.715. The second-order valence-electron chi connectivity index (χ2n) is 3.61. The summed E-state index contributed by atoms with van der Waals surface area (Å²) in [7, 11) is 0. The molecule has 0 atom stereocenters. The Balaban J connectivity index is 2.13. The summed E-state index contributed by atoms with van der Waals surface area (Å²) in [5.41, 5.74) is 1.02. The minimum atomic E-state index is 0.624. The van der Waals surface area contributed by atoms with Crippen molar-refractivity contribution in [3.63, 3.8) is 0 Å². The maximum atomic E-state index is 5.74. The van der Waals surface area contributed by atoms with Crippen LogP contribution >= 0.6 is 15.9 Å². The Hall–Kier alpha value is -1.55. The number of hydrogen-bond donors (Lipinski definition) is 0. The zero-order valence-corrected chi connectivity index (χ0v) is 11.7. The fraction of sp³-hybridized carbons (Fsp3) is 0.214. The first-order valence-corrected chi connectivity index (χ1v) is 6.86. The van der Waals surface area contributed by atoms with Crippen LogP contribution in [0, 0.1) is 0 Å². The van der Waals surface area contributed by atoms with Crippen LogP contribution in [0.1, 0.15) is 12.5 Å². The molecule has 0 saturated carbocycles. The van der Waals surface area contributed by atoms with E-state index >= 15 is 0 Å². The number of benzene rings is 1.